The van der Waals surface area contributed by atoms with Crippen molar-refractivity contribution < 1.29 is 9.72 Å². The highest BCUT2D eigenvalue weighted by Gasteiger charge is 2.19. The van der Waals surface area contributed by atoms with Gasteiger partial charge in [0.25, 0.3) is 11.6 Å². The molecule has 7 heteroatoms. The van der Waals surface area contributed by atoms with Crippen LogP contribution in [0.25, 0.3) is 5.69 Å². The fourth-order valence-electron chi connectivity index (χ4n) is 2.09. The normalized spacial score (nSPS) is 10.4. The number of carbonyl (C=O) groups excluding carboxylic acids is 1. The van der Waals surface area contributed by atoms with E-state index in [2.05, 4.69) is 10.3 Å². The van der Waals surface area contributed by atoms with E-state index < -0.39 is 4.92 Å². The molecule has 1 aromatic carbocycles. The summed E-state index contributed by atoms with van der Waals surface area (Å²) in [6.45, 7) is 4.18. The number of benzene rings is 1. The first-order valence-electron chi connectivity index (χ1n) is 6.67. The van der Waals surface area contributed by atoms with Crippen molar-refractivity contribution >= 4 is 11.6 Å². The number of nitrogens with zero attached hydrogens (tertiary/aromatic N) is 3. The highest BCUT2D eigenvalue weighted by Crippen LogP contribution is 2.25. The monoisotopic (exact) mass is 288 g/mol. The van der Waals surface area contributed by atoms with Crippen LogP contribution in [0.1, 0.15) is 30.0 Å². The van der Waals surface area contributed by atoms with Crippen LogP contribution >= 0.6 is 0 Å². The van der Waals surface area contributed by atoms with Crippen molar-refractivity contribution in [2.75, 3.05) is 6.54 Å². The number of hydrogen-bond donors (Lipinski definition) is 1. The van der Waals surface area contributed by atoms with Crippen LogP contribution in [-0.2, 0) is 6.42 Å². The largest absolute Gasteiger partial charge is 0.352 e. The highest BCUT2D eigenvalue weighted by atomic mass is 16.6. The predicted octanol–water partition coefficient (Wildman–Crippen LogP) is 2.09. The van der Waals surface area contributed by atoms with Gasteiger partial charge in [-0.25, -0.2) is 4.98 Å². The van der Waals surface area contributed by atoms with Gasteiger partial charge in [-0.1, -0.05) is 6.92 Å². The average molecular weight is 288 g/mol. The number of aryl methyl sites for hydroxylation is 1. The second kappa shape index (κ2) is 6.17. The molecule has 0 bridgehead atoms. The molecule has 0 unspecified atom stereocenters. The Morgan fingerprint density at radius 1 is 1.43 bits per heavy atom. The summed E-state index contributed by atoms with van der Waals surface area (Å²) < 4.78 is 1.67. The molecular weight excluding hydrogens is 272 g/mol. The van der Waals surface area contributed by atoms with Crippen molar-refractivity contribution in [2.24, 2.45) is 0 Å². The van der Waals surface area contributed by atoms with E-state index >= 15 is 0 Å². The van der Waals surface area contributed by atoms with Gasteiger partial charge in [0, 0.05) is 37.0 Å². The molecule has 0 aliphatic carbocycles. The lowest BCUT2D eigenvalue weighted by Gasteiger charge is -2.09. The van der Waals surface area contributed by atoms with Crippen molar-refractivity contribution in [1.29, 1.82) is 0 Å². The topological polar surface area (TPSA) is 90.1 Å². The number of nitro benzene ring substituents is 1. The summed E-state index contributed by atoms with van der Waals surface area (Å²) in [7, 11) is 0. The quantitative estimate of drug-likeness (QED) is 0.673. The van der Waals surface area contributed by atoms with Crippen molar-refractivity contribution in [1.82, 2.24) is 14.9 Å². The van der Waals surface area contributed by atoms with Gasteiger partial charge in [-0.15, -0.1) is 0 Å². The molecule has 1 heterocycles. The Hall–Kier alpha value is -2.70. The fraction of sp³-hybridized carbons (Fsp3) is 0.286. The maximum Gasteiger partial charge on any atom is 0.294 e. The molecule has 21 heavy (non-hydrogen) atoms. The lowest BCUT2D eigenvalue weighted by Crippen LogP contribution is -2.22. The van der Waals surface area contributed by atoms with E-state index in [-0.39, 0.29) is 17.2 Å². The van der Waals surface area contributed by atoms with Crippen molar-refractivity contribution in [3.05, 3.63) is 52.1 Å². The minimum absolute atomic E-state index is 0.119. The van der Waals surface area contributed by atoms with Crippen LogP contribution in [-0.4, -0.2) is 26.9 Å². The number of carbonyl (C=O) groups is 1. The molecule has 0 aliphatic rings. The van der Waals surface area contributed by atoms with Gasteiger partial charge in [0.05, 0.1) is 4.92 Å². The van der Waals surface area contributed by atoms with Crippen LogP contribution in [0.2, 0.25) is 0 Å². The summed E-state index contributed by atoms with van der Waals surface area (Å²) in [5.41, 5.74) is 0.555. The van der Waals surface area contributed by atoms with Gasteiger partial charge in [0.15, 0.2) is 0 Å². The standard InChI is InChI=1S/C14H16N4O3/c1-3-13-16-7-8-17(13)11-6-5-10(14(19)15-4-2)9-12(11)18(20)21/h5-9H,3-4H2,1-2H3,(H,15,19). The summed E-state index contributed by atoms with van der Waals surface area (Å²) in [5.74, 6) is 0.400. The van der Waals surface area contributed by atoms with Crippen LogP contribution in [0.5, 0.6) is 0 Å². The molecule has 0 saturated carbocycles. The molecule has 1 aromatic heterocycles. The molecule has 2 rings (SSSR count). The Balaban J connectivity index is 2.53. The molecule has 0 spiro atoms. The predicted molar refractivity (Wildman–Crippen MR) is 77.6 cm³/mol. The van der Waals surface area contributed by atoms with Gasteiger partial charge >= 0.3 is 0 Å². The van der Waals surface area contributed by atoms with E-state index in [1.165, 1.54) is 6.07 Å². The summed E-state index contributed by atoms with van der Waals surface area (Å²) in [6.07, 6.45) is 3.93. The maximum atomic E-state index is 11.8. The Labute approximate surface area is 121 Å². The molecule has 0 radical (unpaired) electrons. The number of imidazole rings is 1. The second-order valence-corrected chi connectivity index (χ2v) is 4.39. The first-order chi connectivity index (χ1) is 10.1. The van der Waals surface area contributed by atoms with E-state index in [0.717, 1.165) is 5.82 Å². The molecule has 1 N–H and O–H groups in total. The Morgan fingerprint density at radius 3 is 2.81 bits per heavy atom. The van der Waals surface area contributed by atoms with Crippen molar-refractivity contribution in [3.63, 3.8) is 0 Å². The molecule has 110 valence electrons. The van der Waals surface area contributed by atoms with Gasteiger partial charge in [0.1, 0.15) is 11.5 Å². The van der Waals surface area contributed by atoms with E-state index in [0.29, 0.717) is 18.7 Å². The summed E-state index contributed by atoms with van der Waals surface area (Å²) in [5, 5.41) is 13.9. The van der Waals surface area contributed by atoms with E-state index in [4.69, 9.17) is 0 Å². The van der Waals surface area contributed by atoms with Crippen LogP contribution < -0.4 is 5.32 Å². The number of aromatic nitrogens is 2. The Bertz CT molecular complexity index is 679. The van der Waals surface area contributed by atoms with Gasteiger partial charge < -0.3 is 5.32 Å². The number of amides is 1. The molecule has 0 saturated heterocycles. The number of nitro groups is 1. The van der Waals surface area contributed by atoms with Crippen molar-refractivity contribution in [2.45, 2.75) is 20.3 Å². The Kier molecular flexibility index (Phi) is 4.32. The maximum absolute atomic E-state index is 11.8. The minimum atomic E-state index is -0.489. The number of nitrogens with one attached hydrogen (secondary N) is 1. The molecule has 1 amide bonds. The lowest BCUT2D eigenvalue weighted by atomic mass is 10.1. The van der Waals surface area contributed by atoms with Gasteiger partial charge in [-0.3, -0.25) is 19.5 Å². The molecule has 0 fully saturated rings. The zero-order chi connectivity index (χ0) is 15.4. The third-order valence-electron chi connectivity index (χ3n) is 3.06. The molecule has 0 aliphatic heterocycles. The first kappa shape index (κ1) is 14.7. The summed E-state index contributed by atoms with van der Waals surface area (Å²) in [6, 6.07) is 4.44. The smallest absolute Gasteiger partial charge is 0.294 e. The zero-order valence-corrected chi connectivity index (χ0v) is 11.9. The third-order valence-corrected chi connectivity index (χ3v) is 3.06. The Morgan fingerprint density at radius 2 is 2.19 bits per heavy atom. The molecule has 7 nitrogen and oxygen atoms in total. The fourth-order valence-corrected chi connectivity index (χ4v) is 2.09. The average Bonchev–Trinajstić information content (AvgIpc) is 2.95. The van der Waals surface area contributed by atoms with Gasteiger partial charge in [-0.05, 0) is 19.1 Å². The summed E-state index contributed by atoms with van der Waals surface area (Å²) in [4.78, 5) is 26.7. The SMILES string of the molecule is CCNC(=O)c1ccc(-n2ccnc2CC)c([N+](=O)[O-])c1. The van der Waals surface area contributed by atoms with E-state index in [1.54, 1.807) is 36.0 Å². The minimum Gasteiger partial charge on any atom is -0.352 e. The lowest BCUT2D eigenvalue weighted by molar-refractivity contribution is -0.384. The van der Waals surface area contributed by atoms with Crippen LogP contribution in [0.3, 0.4) is 0 Å². The van der Waals surface area contributed by atoms with Crippen LogP contribution in [0.4, 0.5) is 5.69 Å². The number of rotatable bonds is 5. The van der Waals surface area contributed by atoms with Crippen LogP contribution in [0.15, 0.2) is 30.6 Å². The first-order valence-corrected chi connectivity index (χ1v) is 6.67. The zero-order valence-electron chi connectivity index (χ0n) is 11.9. The summed E-state index contributed by atoms with van der Waals surface area (Å²) >= 11 is 0. The third kappa shape index (κ3) is 2.91. The second-order valence-electron chi connectivity index (χ2n) is 4.39. The molecule has 2 aromatic rings. The molecule has 0 atom stereocenters. The van der Waals surface area contributed by atoms with E-state index in [1.807, 2.05) is 6.92 Å². The number of hydrogen-bond acceptors (Lipinski definition) is 4. The van der Waals surface area contributed by atoms with Crippen LogP contribution in [0, 0.1) is 10.1 Å². The van der Waals surface area contributed by atoms with Gasteiger partial charge in [-0.2, -0.15) is 0 Å². The highest BCUT2D eigenvalue weighted by molar-refractivity contribution is 5.95. The molecular formula is C14H16N4O3. The van der Waals surface area contributed by atoms with Gasteiger partial charge in [0.2, 0.25) is 0 Å². The van der Waals surface area contributed by atoms with E-state index in [9.17, 15) is 14.9 Å². The van der Waals surface area contributed by atoms with Crippen molar-refractivity contribution in [3.8, 4) is 5.69 Å².